The number of benzene rings is 1. The summed E-state index contributed by atoms with van der Waals surface area (Å²) in [7, 11) is -3.12. The number of hydrogen-bond donors (Lipinski definition) is 1. The first-order chi connectivity index (χ1) is 12.7. The van der Waals surface area contributed by atoms with Gasteiger partial charge in [0.2, 0.25) is 5.91 Å². The quantitative estimate of drug-likeness (QED) is 0.640. The van der Waals surface area contributed by atoms with Crippen LogP contribution in [0.1, 0.15) is 30.1 Å². The van der Waals surface area contributed by atoms with E-state index in [0.29, 0.717) is 15.6 Å². The Bertz CT molecular complexity index is 920. The number of anilines is 1. The van der Waals surface area contributed by atoms with Gasteiger partial charge in [-0.25, -0.2) is 13.2 Å². The van der Waals surface area contributed by atoms with Crippen molar-refractivity contribution in [1.82, 2.24) is 0 Å². The van der Waals surface area contributed by atoms with Crippen LogP contribution in [-0.4, -0.2) is 38.9 Å². The van der Waals surface area contributed by atoms with Crippen molar-refractivity contribution in [3.63, 3.8) is 0 Å². The fraction of sp³-hybridized carbons (Fsp3) is 0.333. The van der Waals surface area contributed by atoms with E-state index in [1.54, 1.807) is 36.6 Å². The van der Waals surface area contributed by atoms with Crippen LogP contribution in [-0.2, 0) is 19.4 Å². The van der Waals surface area contributed by atoms with Crippen LogP contribution < -0.4 is 5.32 Å². The Morgan fingerprint density at radius 2 is 1.89 bits per heavy atom. The molecule has 0 spiro atoms. The Balaban J connectivity index is 2.24. The number of amides is 1. The number of nitrogens with one attached hydrogen (secondary N) is 1. The number of carbonyl (C=O) groups is 2. The summed E-state index contributed by atoms with van der Waals surface area (Å²) < 4.78 is 27.5. The Labute approximate surface area is 167 Å². The molecule has 0 bridgehead atoms. The lowest BCUT2D eigenvalue weighted by Crippen LogP contribution is -2.15. The van der Waals surface area contributed by atoms with Crippen molar-refractivity contribution >= 4 is 49.7 Å². The first-order valence-electron chi connectivity index (χ1n) is 8.23. The highest BCUT2D eigenvalue weighted by molar-refractivity contribution is 7.90. The second-order valence-electron chi connectivity index (χ2n) is 5.86. The smallest absolute Gasteiger partial charge is 0.341 e. The minimum atomic E-state index is -3.12. The standard InChI is InChI=1S/C18H20ClNO5S2/c1-3-25-18(22)16-14(12-6-8-13(19)9-7-12)11-26-17(16)20-15(21)5-4-10-27(2,23)24/h6-9,11H,3-5,10H2,1-2H3,(H,20,21). The maximum absolute atomic E-state index is 12.4. The van der Waals surface area contributed by atoms with Crippen LogP contribution in [0.3, 0.4) is 0 Å². The van der Waals surface area contributed by atoms with Crippen LogP contribution in [0.25, 0.3) is 11.1 Å². The first kappa shape index (κ1) is 21.4. The molecule has 1 N–H and O–H groups in total. The van der Waals surface area contributed by atoms with Crippen molar-refractivity contribution in [2.75, 3.05) is 23.9 Å². The van der Waals surface area contributed by atoms with E-state index >= 15 is 0 Å². The summed E-state index contributed by atoms with van der Waals surface area (Å²) in [6.45, 7) is 1.91. The number of carbonyl (C=O) groups excluding carboxylic acids is 2. The zero-order valence-electron chi connectivity index (χ0n) is 15.0. The number of thiophene rings is 1. The molecular weight excluding hydrogens is 410 g/mol. The summed E-state index contributed by atoms with van der Waals surface area (Å²) in [6, 6.07) is 7.00. The maximum Gasteiger partial charge on any atom is 0.341 e. The molecule has 6 nitrogen and oxygen atoms in total. The summed E-state index contributed by atoms with van der Waals surface area (Å²) >= 11 is 7.13. The van der Waals surface area contributed by atoms with Gasteiger partial charge in [0.25, 0.3) is 0 Å². The maximum atomic E-state index is 12.4. The lowest BCUT2D eigenvalue weighted by atomic mass is 10.0. The second-order valence-corrected chi connectivity index (χ2v) is 9.44. The van der Waals surface area contributed by atoms with Crippen LogP contribution in [0.4, 0.5) is 5.00 Å². The number of rotatable bonds is 8. The molecule has 0 radical (unpaired) electrons. The summed E-state index contributed by atoms with van der Waals surface area (Å²) in [5, 5.41) is 5.41. The van der Waals surface area contributed by atoms with Crippen molar-refractivity contribution in [3.05, 3.63) is 40.2 Å². The van der Waals surface area contributed by atoms with Crippen LogP contribution in [0, 0.1) is 0 Å². The Hall–Kier alpha value is -1.90. The molecular formula is C18H20ClNO5S2. The molecule has 1 aromatic carbocycles. The van der Waals surface area contributed by atoms with Gasteiger partial charge in [-0.15, -0.1) is 11.3 Å². The highest BCUT2D eigenvalue weighted by Gasteiger charge is 2.22. The average molecular weight is 430 g/mol. The molecule has 1 aromatic heterocycles. The molecule has 9 heteroatoms. The molecule has 0 aliphatic heterocycles. The van der Waals surface area contributed by atoms with E-state index in [-0.39, 0.29) is 36.7 Å². The van der Waals surface area contributed by atoms with Gasteiger partial charge >= 0.3 is 5.97 Å². The van der Waals surface area contributed by atoms with Crippen molar-refractivity contribution in [3.8, 4) is 11.1 Å². The lowest BCUT2D eigenvalue weighted by molar-refractivity contribution is -0.116. The molecule has 1 heterocycles. The van der Waals surface area contributed by atoms with Crippen LogP contribution in [0.15, 0.2) is 29.6 Å². The van der Waals surface area contributed by atoms with Gasteiger partial charge in [0.1, 0.15) is 20.4 Å². The van der Waals surface area contributed by atoms with Crippen LogP contribution >= 0.6 is 22.9 Å². The van der Waals surface area contributed by atoms with E-state index in [0.717, 1.165) is 11.8 Å². The second kappa shape index (κ2) is 9.34. The summed E-state index contributed by atoms with van der Waals surface area (Å²) in [6.07, 6.45) is 1.39. The Morgan fingerprint density at radius 3 is 2.48 bits per heavy atom. The Kier molecular flexibility index (Phi) is 7.41. The molecule has 2 rings (SSSR count). The van der Waals surface area contributed by atoms with E-state index < -0.39 is 15.8 Å². The van der Waals surface area contributed by atoms with Gasteiger partial charge in [-0.05, 0) is 31.0 Å². The number of hydrogen-bond acceptors (Lipinski definition) is 6. The minimum Gasteiger partial charge on any atom is -0.462 e. The molecule has 0 saturated carbocycles. The molecule has 0 aliphatic carbocycles. The van der Waals surface area contributed by atoms with Crippen molar-refractivity contribution in [2.45, 2.75) is 19.8 Å². The molecule has 27 heavy (non-hydrogen) atoms. The van der Waals surface area contributed by atoms with Gasteiger partial charge in [-0.1, -0.05) is 23.7 Å². The molecule has 0 unspecified atom stereocenters. The van der Waals surface area contributed by atoms with Crippen molar-refractivity contribution in [1.29, 1.82) is 0 Å². The highest BCUT2D eigenvalue weighted by atomic mass is 35.5. The molecule has 1 amide bonds. The third-order valence-corrected chi connectivity index (χ3v) is 5.78. The highest BCUT2D eigenvalue weighted by Crippen LogP contribution is 2.36. The number of esters is 1. The summed E-state index contributed by atoms with van der Waals surface area (Å²) in [4.78, 5) is 24.6. The zero-order chi connectivity index (χ0) is 20.0. The van der Waals surface area contributed by atoms with Gasteiger partial charge in [-0.3, -0.25) is 4.79 Å². The average Bonchev–Trinajstić information content (AvgIpc) is 2.98. The minimum absolute atomic E-state index is 0.0452. The SMILES string of the molecule is CCOC(=O)c1c(-c2ccc(Cl)cc2)csc1NC(=O)CCCS(C)(=O)=O. The first-order valence-corrected chi connectivity index (χ1v) is 11.5. The van der Waals surface area contributed by atoms with Gasteiger partial charge in [-0.2, -0.15) is 0 Å². The van der Waals surface area contributed by atoms with Gasteiger partial charge in [0.05, 0.1) is 12.4 Å². The number of halogens is 1. The van der Waals surface area contributed by atoms with E-state index in [1.807, 2.05) is 0 Å². The third-order valence-electron chi connectivity index (χ3n) is 3.60. The van der Waals surface area contributed by atoms with E-state index in [1.165, 1.54) is 11.3 Å². The molecule has 2 aromatic rings. The van der Waals surface area contributed by atoms with E-state index in [9.17, 15) is 18.0 Å². The van der Waals surface area contributed by atoms with E-state index in [2.05, 4.69) is 5.32 Å². The monoisotopic (exact) mass is 429 g/mol. The predicted molar refractivity (Wildman–Crippen MR) is 108 cm³/mol. The number of sulfone groups is 1. The summed E-state index contributed by atoms with van der Waals surface area (Å²) in [5.74, 6) is -0.949. The third kappa shape index (κ3) is 6.34. The topological polar surface area (TPSA) is 89.5 Å². The van der Waals surface area contributed by atoms with Gasteiger partial charge < -0.3 is 10.1 Å². The Morgan fingerprint density at radius 1 is 1.22 bits per heavy atom. The fourth-order valence-corrected chi connectivity index (χ4v) is 4.15. The van der Waals surface area contributed by atoms with Crippen LogP contribution in [0.5, 0.6) is 0 Å². The molecule has 0 atom stereocenters. The molecule has 0 aliphatic rings. The largest absolute Gasteiger partial charge is 0.462 e. The predicted octanol–water partition coefficient (Wildman–Crippen LogP) is 4.01. The molecule has 0 fully saturated rings. The number of ether oxygens (including phenoxy) is 1. The fourth-order valence-electron chi connectivity index (χ4n) is 2.38. The van der Waals surface area contributed by atoms with Gasteiger partial charge in [0.15, 0.2) is 0 Å². The van der Waals surface area contributed by atoms with Crippen molar-refractivity contribution < 1.29 is 22.7 Å². The van der Waals surface area contributed by atoms with E-state index in [4.69, 9.17) is 16.3 Å². The zero-order valence-corrected chi connectivity index (χ0v) is 17.3. The van der Waals surface area contributed by atoms with Crippen LogP contribution in [0.2, 0.25) is 5.02 Å². The molecule has 0 saturated heterocycles. The van der Waals surface area contributed by atoms with Gasteiger partial charge in [0, 0.05) is 28.6 Å². The summed E-state index contributed by atoms with van der Waals surface area (Å²) in [5.41, 5.74) is 1.69. The van der Waals surface area contributed by atoms with Crippen molar-refractivity contribution in [2.24, 2.45) is 0 Å². The molecule has 146 valence electrons. The lowest BCUT2D eigenvalue weighted by Gasteiger charge is -2.09. The normalized spacial score (nSPS) is 11.2.